The summed E-state index contributed by atoms with van der Waals surface area (Å²) in [6.45, 7) is 3.88. The van der Waals surface area contributed by atoms with E-state index in [1.54, 1.807) is 56.3 Å². The number of amides is 2. The molecule has 0 saturated carbocycles. The summed E-state index contributed by atoms with van der Waals surface area (Å²) in [5, 5.41) is 13.3. The average molecular weight is 373 g/mol. The highest BCUT2D eigenvalue weighted by Crippen LogP contribution is 2.20. The van der Waals surface area contributed by atoms with E-state index in [-0.39, 0.29) is 23.6 Å². The molecule has 0 bridgehead atoms. The standard InChI is InChI=1S/C19H21ClN4O2/c1-11(2)18(25)24-16-8-14(7-15(20)9-16)19(26)23-10-12-3-5-13(6-4-12)17(21)22/h3-9,11H,10H2,1-2H3,(H3,21,22)(H,23,26)(H,24,25). The Balaban J connectivity index is 2.05. The minimum atomic E-state index is -0.303. The Hall–Kier alpha value is -2.86. The molecule has 0 radical (unpaired) electrons. The van der Waals surface area contributed by atoms with Crippen molar-refractivity contribution in [3.63, 3.8) is 0 Å². The normalized spacial score (nSPS) is 10.5. The molecule has 2 amide bonds. The Bertz CT molecular complexity index is 832. The van der Waals surface area contributed by atoms with Crippen molar-refractivity contribution in [1.82, 2.24) is 5.32 Å². The highest BCUT2D eigenvalue weighted by molar-refractivity contribution is 6.31. The number of nitrogens with two attached hydrogens (primary N) is 1. The third-order valence-electron chi connectivity index (χ3n) is 3.67. The fourth-order valence-corrected chi connectivity index (χ4v) is 2.40. The van der Waals surface area contributed by atoms with Crippen molar-refractivity contribution in [3.8, 4) is 0 Å². The van der Waals surface area contributed by atoms with Crippen LogP contribution >= 0.6 is 11.6 Å². The lowest BCUT2D eigenvalue weighted by Crippen LogP contribution is -2.23. The van der Waals surface area contributed by atoms with Gasteiger partial charge >= 0.3 is 0 Å². The van der Waals surface area contributed by atoms with Gasteiger partial charge in [-0.1, -0.05) is 49.7 Å². The first-order chi connectivity index (χ1) is 12.3. The van der Waals surface area contributed by atoms with E-state index in [9.17, 15) is 9.59 Å². The number of hydrogen-bond donors (Lipinski definition) is 4. The van der Waals surface area contributed by atoms with Gasteiger partial charge < -0.3 is 16.4 Å². The number of nitrogens with one attached hydrogen (secondary N) is 3. The van der Waals surface area contributed by atoms with E-state index >= 15 is 0 Å². The first-order valence-corrected chi connectivity index (χ1v) is 8.47. The van der Waals surface area contributed by atoms with Gasteiger partial charge in [0.05, 0.1) is 0 Å². The molecule has 7 heteroatoms. The number of hydrogen-bond acceptors (Lipinski definition) is 3. The molecule has 26 heavy (non-hydrogen) atoms. The molecule has 0 aliphatic carbocycles. The third-order valence-corrected chi connectivity index (χ3v) is 3.89. The van der Waals surface area contributed by atoms with Crippen molar-refractivity contribution in [3.05, 3.63) is 64.2 Å². The molecular formula is C19H21ClN4O2. The molecule has 0 aliphatic heterocycles. The summed E-state index contributed by atoms with van der Waals surface area (Å²) in [7, 11) is 0. The lowest BCUT2D eigenvalue weighted by molar-refractivity contribution is -0.118. The molecule has 2 rings (SSSR count). The van der Waals surface area contributed by atoms with Gasteiger partial charge in [-0.3, -0.25) is 15.0 Å². The molecule has 0 aliphatic rings. The SMILES string of the molecule is CC(C)C(=O)Nc1cc(Cl)cc(C(=O)NCc2ccc(C(=N)N)cc2)c1. The molecule has 0 heterocycles. The van der Waals surface area contributed by atoms with E-state index in [1.807, 2.05) is 0 Å². The van der Waals surface area contributed by atoms with Crippen molar-refractivity contribution in [2.75, 3.05) is 5.32 Å². The number of carbonyl (C=O) groups is 2. The average Bonchev–Trinajstić information content (AvgIpc) is 2.59. The summed E-state index contributed by atoms with van der Waals surface area (Å²) in [6.07, 6.45) is 0. The monoisotopic (exact) mass is 372 g/mol. The molecule has 2 aromatic carbocycles. The van der Waals surface area contributed by atoms with E-state index in [0.717, 1.165) is 5.56 Å². The van der Waals surface area contributed by atoms with Gasteiger partial charge in [0.2, 0.25) is 5.91 Å². The van der Waals surface area contributed by atoms with Crippen molar-refractivity contribution in [2.24, 2.45) is 11.7 Å². The number of nitrogen functional groups attached to an aromatic ring is 1. The van der Waals surface area contributed by atoms with Crippen LogP contribution in [0, 0.1) is 11.3 Å². The smallest absolute Gasteiger partial charge is 0.251 e. The number of benzene rings is 2. The maximum absolute atomic E-state index is 12.4. The highest BCUT2D eigenvalue weighted by atomic mass is 35.5. The largest absolute Gasteiger partial charge is 0.384 e. The number of rotatable bonds is 6. The Morgan fingerprint density at radius 2 is 1.77 bits per heavy atom. The minimum absolute atomic E-state index is 0.00418. The summed E-state index contributed by atoms with van der Waals surface area (Å²) in [5.74, 6) is -0.632. The van der Waals surface area contributed by atoms with Crippen LogP contribution in [0.1, 0.15) is 35.3 Å². The van der Waals surface area contributed by atoms with E-state index in [4.69, 9.17) is 22.7 Å². The first kappa shape index (κ1) is 19.5. The predicted molar refractivity (Wildman–Crippen MR) is 104 cm³/mol. The Morgan fingerprint density at radius 1 is 1.12 bits per heavy atom. The second-order valence-corrected chi connectivity index (χ2v) is 6.60. The van der Waals surface area contributed by atoms with Crippen LogP contribution < -0.4 is 16.4 Å². The van der Waals surface area contributed by atoms with Gasteiger partial charge in [0, 0.05) is 34.3 Å². The molecule has 0 atom stereocenters. The van der Waals surface area contributed by atoms with E-state index in [0.29, 0.717) is 28.4 Å². The number of anilines is 1. The third kappa shape index (κ3) is 5.32. The van der Waals surface area contributed by atoms with Crippen LogP contribution in [0.25, 0.3) is 0 Å². The van der Waals surface area contributed by atoms with Crippen molar-refractivity contribution < 1.29 is 9.59 Å². The fraction of sp³-hybridized carbons (Fsp3) is 0.211. The molecule has 6 nitrogen and oxygen atoms in total. The zero-order valence-corrected chi connectivity index (χ0v) is 15.4. The number of halogens is 1. The van der Waals surface area contributed by atoms with E-state index < -0.39 is 0 Å². The van der Waals surface area contributed by atoms with E-state index in [1.165, 1.54) is 0 Å². The zero-order valence-electron chi connectivity index (χ0n) is 14.6. The molecule has 0 saturated heterocycles. The van der Waals surface area contributed by atoms with Gasteiger partial charge in [-0.2, -0.15) is 0 Å². The predicted octanol–water partition coefficient (Wildman–Crippen LogP) is 3.15. The van der Waals surface area contributed by atoms with Crippen LogP contribution in [0.3, 0.4) is 0 Å². The highest BCUT2D eigenvalue weighted by Gasteiger charge is 2.12. The molecular weight excluding hydrogens is 352 g/mol. The zero-order chi connectivity index (χ0) is 19.3. The lowest BCUT2D eigenvalue weighted by atomic mass is 10.1. The molecule has 2 aromatic rings. The van der Waals surface area contributed by atoms with Gasteiger partial charge in [0.25, 0.3) is 5.91 Å². The Morgan fingerprint density at radius 3 is 2.35 bits per heavy atom. The minimum Gasteiger partial charge on any atom is -0.384 e. The summed E-state index contributed by atoms with van der Waals surface area (Å²) in [6, 6.07) is 11.8. The molecule has 0 spiro atoms. The molecule has 136 valence electrons. The van der Waals surface area contributed by atoms with Crippen molar-refractivity contribution in [1.29, 1.82) is 5.41 Å². The van der Waals surface area contributed by atoms with Crippen LogP contribution in [-0.2, 0) is 11.3 Å². The Kier molecular flexibility index (Phi) is 6.36. The van der Waals surface area contributed by atoms with Crippen molar-refractivity contribution >= 4 is 34.9 Å². The van der Waals surface area contributed by atoms with Crippen LogP contribution in [0.2, 0.25) is 5.02 Å². The molecule has 5 N–H and O–H groups in total. The molecule has 0 fully saturated rings. The lowest BCUT2D eigenvalue weighted by Gasteiger charge is -2.11. The second-order valence-electron chi connectivity index (χ2n) is 6.17. The van der Waals surface area contributed by atoms with Gasteiger partial charge in [0.15, 0.2) is 0 Å². The topological polar surface area (TPSA) is 108 Å². The Labute approximate surface area is 157 Å². The second kappa shape index (κ2) is 8.49. The van der Waals surface area contributed by atoms with Crippen LogP contribution in [0.5, 0.6) is 0 Å². The van der Waals surface area contributed by atoms with Gasteiger partial charge in [-0.15, -0.1) is 0 Å². The van der Waals surface area contributed by atoms with Gasteiger partial charge in [-0.05, 0) is 23.8 Å². The molecule has 0 unspecified atom stereocenters. The van der Waals surface area contributed by atoms with Crippen LogP contribution in [0.15, 0.2) is 42.5 Å². The summed E-state index contributed by atoms with van der Waals surface area (Å²) in [4.78, 5) is 24.2. The number of carbonyl (C=O) groups excluding carboxylic acids is 2. The van der Waals surface area contributed by atoms with Gasteiger partial charge in [-0.25, -0.2) is 0 Å². The number of amidine groups is 1. The van der Waals surface area contributed by atoms with Crippen molar-refractivity contribution in [2.45, 2.75) is 20.4 Å². The summed E-state index contributed by atoms with van der Waals surface area (Å²) in [5.41, 5.74) is 7.75. The first-order valence-electron chi connectivity index (χ1n) is 8.09. The summed E-state index contributed by atoms with van der Waals surface area (Å²) < 4.78 is 0. The van der Waals surface area contributed by atoms with Crippen LogP contribution in [0.4, 0.5) is 5.69 Å². The molecule has 0 aromatic heterocycles. The van der Waals surface area contributed by atoms with Crippen LogP contribution in [-0.4, -0.2) is 17.6 Å². The van der Waals surface area contributed by atoms with Gasteiger partial charge in [0.1, 0.15) is 5.84 Å². The fourth-order valence-electron chi connectivity index (χ4n) is 2.17. The summed E-state index contributed by atoms with van der Waals surface area (Å²) >= 11 is 6.06. The van der Waals surface area contributed by atoms with E-state index in [2.05, 4.69) is 10.6 Å². The quantitative estimate of drug-likeness (QED) is 0.462. The maximum Gasteiger partial charge on any atom is 0.251 e. The maximum atomic E-state index is 12.4.